The maximum absolute atomic E-state index is 12.2. The van der Waals surface area contributed by atoms with Crippen molar-refractivity contribution in [3.05, 3.63) is 119 Å². The summed E-state index contributed by atoms with van der Waals surface area (Å²) in [7, 11) is 0. The minimum atomic E-state index is -0.580. The largest absolute Gasteiger partial charge is 0.444 e. The molecule has 0 radical (unpaired) electrons. The summed E-state index contributed by atoms with van der Waals surface area (Å²) in [5, 5.41) is 41.4. The summed E-state index contributed by atoms with van der Waals surface area (Å²) < 4.78 is 8.44. The van der Waals surface area contributed by atoms with Crippen LogP contribution in [0.5, 0.6) is 0 Å². The molecule has 2 aromatic carbocycles. The monoisotopic (exact) mass is 796 g/mol. The highest BCUT2D eigenvalue weighted by Gasteiger charge is 2.22. The number of nitrogens with one attached hydrogen (secondary N) is 5. The van der Waals surface area contributed by atoms with Gasteiger partial charge in [0, 0.05) is 27.6 Å². The number of hydrogen-bond donors (Lipinski definition) is 5. The SMILES string of the molecule is C[C@@H](NC(=O)Nc1cccnc1)c1nnc2ccc(Nc3cccc(Cl)c3)nn12.C[C@@H](NC(=O)OC(C)(C)C)c1nnc2ccc(Nc3cccc(Cl)c3)nn12. The van der Waals surface area contributed by atoms with Crippen LogP contribution in [0, 0.1) is 0 Å². The number of benzene rings is 2. The summed E-state index contributed by atoms with van der Waals surface area (Å²) in [6.07, 6.45) is 2.67. The van der Waals surface area contributed by atoms with Crippen LogP contribution in [0.25, 0.3) is 11.3 Å². The molecule has 56 heavy (non-hydrogen) atoms. The van der Waals surface area contributed by atoms with Crippen LogP contribution in [-0.2, 0) is 4.74 Å². The van der Waals surface area contributed by atoms with Crippen LogP contribution in [0.1, 0.15) is 58.4 Å². The number of pyridine rings is 1. The lowest BCUT2D eigenvalue weighted by Gasteiger charge is -2.21. The highest BCUT2D eigenvalue weighted by atomic mass is 35.5. The second kappa shape index (κ2) is 17.3. The zero-order valence-corrected chi connectivity index (χ0v) is 32.4. The van der Waals surface area contributed by atoms with Crippen LogP contribution >= 0.6 is 23.2 Å². The fourth-order valence-electron chi connectivity index (χ4n) is 5.13. The summed E-state index contributed by atoms with van der Waals surface area (Å²) >= 11 is 12.0. The Morgan fingerprint density at radius 3 is 1.68 bits per heavy atom. The number of ether oxygens (including phenoxy) is 1. The van der Waals surface area contributed by atoms with E-state index in [0.29, 0.717) is 50.3 Å². The molecule has 7 rings (SSSR count). The molecule has 3 amide bonds. The first-order valence-electron chi connectivity index (χ1n) is 17.3. The number of anilines is 5. The van der Waals surface area contributed by atoms with E-state index in [1.54, 1.807) is 117 Å². The lowest BCUT2D eigenvalue weighted by atomic mass is 10.2. The van der Waals surface area contributed by atoms with Gasteiger partial charge in [0.25, 0.3) is 0 Å². The third kappa shape index (κ3) is 10.5. The smallest absolute Gasteiger partial charge is 0.408 e. The molecule has 0 aliphatic heterocycles. The Kier molecular flexibility index (Phi) is 12.1. The Balaban J connectivity index is 0.000000190. The van der Waals surface area contributed by atoms with Crippen molar-refractivity contribution >= 4 is 75.3 Å². The third-order valence-corrected chi connectivity index (χ3v) is 8.01. The van der Waals surface area contributed by atoms with Gasteiger partial charge in [0.05, 0.1) is 24.0 Å². The van der Waals surface area contributed by atoms with E-state index < -0.39 is 23.8 Å². The van der Waals surface area contributed by atoms with Crippen LogP contribution in [-0.4, -0.2) is 62.3 Å². The van der Waals surface area contributed by atoms with Crippen molar-refractivity contribution in [3.8, 4) is 0 Å². The molecule has 19 heteroatoms. The Bertz CT molecular complexity index is 2450. The van der Waals surface area contributed by atoms with Gasteiger partial charge < -0.3 is 31.3 Å². The van der Waals surface area contributed by atoms with E-state index in [1.165, 1.54) is 0 Å². The van der Waals surface area contributed by atoms with Gasteiger partial charge >= 0.3 is 12.1 Å². The summed E-state index contributed by atoms with van der Waals surface area (Å²) in [5.74, 6) is 2.17. The predicted octanol–water partition coefficient (Wildman–Crippen LogP) is 7.91. The van der Waals surface area contributed by atoms with Gasteiger partial charge in [-0.1, -0.05) is 35.3 Å². The van der Waals surface area contributed by atoms with Gasteiger partial charge in [0.15, 0.2) is 34.6 Å². The summed E-state index contributed by atoms with van der Waals surface area (Å²) in [6.45, 7) is 9.01. The van der Waals surface area contributed by atoms with Crippen molar-refractivity contribution in [3.63, 3.8) is 0 Å². The lowest BCUT2D eigenvalue weighted by molar-refractivity contribution is 0.0505. The summed E-state index contributed by atoms with van der Waals surface area (Å²) in [5.41, 5.74) is 2.76. The van der Waals surface area contributed by atoms with E-state index in [-0.39, 0.29) is 6.03 Å². The number of halogens is 2. The second-order valence-corrected chi connectivity index (χ2v) is 14.2. The predicted molar refractivity (Wildman–Crippen MR) is 214 cm³/mol. The molecular weight excluding hydrogens is 759 g/mol. The van der Waals surface area contributed by atoms with Crippen LogP contribution in [0.4, 0.5) is 38.3 Å². The molecular formula is C37H38Cl2N14O3. The number of urea groups is 1. The molecule has 5 aromatic heterocycles. The maximum Gasteiger partial charge on any atom is 0.408 e. The number of nitrogens with zero attached hydrogens (tertiary/aromatic N) is 9. The van der Waals surface area contributed by atoms with Gasteiger partial charge in [-0.3, -0.25) is 4.98 Å². The van der Waals surface area contributed by atoms with Crippen molar-refractivity contribution in [2.24, 2.45) is 0 Å². The third-order valence-electron chi connectivity index (χ3n) is 7.54. The highest BCUT2D eigenvalue weighted by Crippen LogP contribution is 2.22. The molecule has 0 unspecified atom stereocenters. The molecule has 0 spiro atoms. The first kappa shape index (κ1) is 39.1. The molecule has 0 bridgehead atoms. The van der Waals surface area contributed by atoms with Crippen molar-refractivity contribution < 1.29 is 14.3 Å². The van der Waals surface area contributed by atoms with E-state index in [4.69, 9.17) is 27.9 Å². The first-order chi connectivity index (χ1) is 26.8. The number of fused-ring (bicyclic) bond motifs is 2. The average molecular weight is 798 g/mol. The van der Waals surface area contributed by atoms with E-state index in [0.717, 1.165) is 11.4 Å². The second-order valence-electron chi connectivity index (χ2n) is 13.3. The molecule has 288 valence electrons. The molecule has 5 heterocycles. The van der Waals surface area contributed by atoms with Crippen molar-refractivity contribution in [2.45, 2.75) is 52.3 Å². The Hall–Kier alpha value is -6.59. The first-order valence-corrected chi connectivity index (χ1v) is 18.0. The molecule has 0 fully saturated rings. The zero-order chi connectivity index (χ0) is 39.8. The number of alkyl carbamates (subject to hydrolysis) is 1. The molecule has 5 N–H and O–H groups in total. The standard InChI is InChI=1S/C19H17ClN8O.C18H21ClN6O2/c1-12(22-19(29)24-15-6-3-9-21-11-15)18-26-25-17-8-7-16(27-28(17)18)23-14-5-2-4-13(20)10-14;1-11(20-17(26)27-18(2,3)4)16-23-22-15-9-8-14(24-25(15)16)21-13-7-5-6-12(19)10-13/h2-12H,1H3,(H,23,27)(H2,22,24,29);5-11H,1-4H3,(H,20,26)(H,21,24)/t12-;11-/m11/s1. The fourth-order valence-corrected chi connectivity index (χ4v) is 5.51. The van der Waals surface area contributed by atoms with Crippen molar-refractivity contribution in [1.29, 1.82) is 0 Å². The average Bonchev–Trinajstić information content (AvgIpc) is 3.76. The molecule has 7 aromatic rings. The number of hydrogen-bond acceptors (Lipinski definition) is 12. The van der Waals surface area contributed by atoms with Gasteiger partial charge in [0.2, 0.25) is 0 Å². The van der Waals surface area contributed by atoms with Crippen LogP contribution in [0.2, 0.25) is 10.0 Å². The maximum atomic E-state index is 12.2. The normalized spacial score (nSPS) is 12.2. The summed E-state index contributed by atoms with van der Waals surface area (Å²) in [4.78, 5) is 28.2. The Morgan fingerprint density at radius 2 is 1.20 bits per heavy atom. The quantitative estimate of drug-likeness (QED) is 0.0946. The van der Waals surface area contributed by atoms with E-state index in [2.05, 4.69) is 62.2 Å². The van der Waals surface area contributed by atoms with Gasteiger partial charge in [-0.25, -0.2) is 9.59 Å². The van der Waals surface area contributed by atoms with Gasteiger partial charge in [0.1, 0.15) is 5.60 Å². The number of amides is 3. The Morgan fingerprint density at radius 1 is 0.679 bits per heavy atom. The van der Waals surface area contributed by atoms with Crippen LogP contribution < -0.4 is 26.6 Å². The topological polar surface area (TPSA) is 203 Å². The molecule has 2 atom stereocenters. The van der Waals surface area contributed by atoms with Gasteiger partial charge in [-0.15, -0.1) is 30.6 Å². The summed E-state index contributed by atoms with van der Waals surface area (Å²) in [6, 6.07) is 24.1. The molecule has 0 aliphatic rings. The van der Waals surface area contributed by atoms with E-state index >= 15 is 0 Å². The number of carbonyl (C=O) groups is 2. The molecule has 0 saturated carbocycles. The van der Waals surface area contributed by atoms with Gasteiger partial charge in [-0.05, 0) is 107 Å². The fraction of sp³-hybridized carbons (Fsp3) is 0.216. The molecule has 17 nitrogen and oxygen atoms in total. The van der Waals surface area contributed by atoms with Gasteiger partial charge in [-0.2, -0.15) is 9.03 Å². The number of aromatic nitrogens is 9. The highest BCUT2D eigenvalue weighted by molar-refractivity contribution is 6.31. The zero-order valence-electron chi connectivity index (χ0n) is 30.9. The van der Waals surface area contributed by atoms with E-state index in [9.17, 15) is 9.59 Å². The molecule has 0 aliphatic carbocycles. The van der Waals surface area contributed by atoms with Crippen molar-refractivity contribution in [1.82, 2.24) is 55.2 Å². The number of carbonyl (C=O) groups excluding carboxylic acids is 2. The molecule has 0 saturated heterocycles. The minimum absolute atomic E-state index is 0.379. The Labute approximate surface area is 331 Å². The van der Waals surface area contributed by atoms with E-state index in [1.807, 2.05) is 24.3 Å². The number of rotatable bonds is 9. The van der Waals surface area contributed by atoms with Crippen LogP contribution in [0.15, 0.2) is 97.3 Å². The lowest BCUT2D eigenvalue weighted by Crippen LogP contribution is -2.34. The minimum Gasteiger partial charge on any atom is -0.444 e. The van der Waals surface area contributed by atoms with Crippen molar-refractivity contribution in [2.75, 3.05) is 16.0 Å². The van der Waals surface area contributed by atoms with Crippen LogP contribution in [0.3, 0.4) is 0 Å².